The van der Waals surface area contributed by atoms with Crippen molar-refractivity contribution in [3.05, 3.63) is 58.1 Å². The molecule has 0 aromatic heterocycles. The molecule has 4 nitrogen and oxygen atoms in total. The third kappa shape index (κ3) is 3.71. The Balaban J connectivity index is 1.52. The molecule has 0 spiro atoms. The summed E-state index contributed by atoms with van der Waals surface area (Å²) >= 11 is 6.46. The Bertz CT molecular complexity index is 909. The number of piperidine rings is 1. The van der Waals surface area contributed by atoms with E-state index in [1.807, 2.05) is 50.2 Å². The van der Waals surface area contributed by atoms with Gasteiger partial charge in [-0.1, -0.05) is 29.8 Å². The minimum atomic E-state index is -0.951. The van der Waals surface area contributed by atoms with Crippen LogP contribution in [0.3, 0.4) is 0 Å². The lowest BCUT2D eigenvalue weighted by molar-refractivity contribution is 0.0991. The standard InChI is InChI=1S/C22H25BClNO3/c1-22(2)18-9-6-15(12-19(18)23(27)28-22)13-21(26)17-8-7-16(14-20(17)24)25-10-4-3-5-11-25/h6-9,12,14,27H,3-5,10-11,13H2,1-2H3. The zero-order valence-corrected chi connectivity index (χ0v) is 17.1. The fourth-order valence-corrected chi connectivity index (χ4v) is 4.52. The molecule has 1 fully saturated rings. The van der Waals surface area contributed by atoms with Crippen molar-refractivity contribution >= 4 is 35.7 Å². The predicted octanol–water partition coefficient (Wildman–Crippen LogP) is 3.71. The molecule has 0 saturated carbocycles. The van der Waals surface area contributed by atoms with E-state index in [-0.39, 0.29) is 12.2 Å². The number of nitrogens with zero attached hydrogens (tertiary/aromatic N) is 1. The summed E-state index contributed by atoms with van der Waals surface area (Å²) in [5.74, 6) is -0.0252. The second kappa shape index (κ2) is 7.55. The normalized spacial score (nSPS) is 18.3. The van der Waals surface area contributed by atoms with Crippen LogP contribution in [0.25, 0.3) is 0 Å². The summed E-state index contributed by atoms with van der Waals surface area (Å²) in [6.07, 6.45) is 3.91. The molecule has 2 aromatic rings. The average Bonchev–Trinajstić information content (AvgIpc) is 2.90. The van der Waals surface area contributed by atoms with E-state index < -0.39 is 12.7 Å². The molecule has 0 radical (unpaired) electrons. The number of carbonyl (C=O) groups is 1. The number of halogens is 1. The number of carbonyl (C=O) groups excluding carboxylic acids is 1. The van der Waals surface area contributed by atoms with Gasteiger partial charge in [0.1, 0.15) is 0 Å². The molecule has 146 valence electrons. The van der Waals surface area contributed by atoms with Gasteiger partial charge in [0.25, 0.3) is 0 Å². The Morgan fingerprint density at radius 3 is 2.64 bits per heavy atom. The Hall–Kier alpha value is -1.82. The highest BCUT2D eigenvalue weighted by Gasteiger charge is 2.40. The van der Waals surface area contributed by atoms with Crippen molar-refractivity contribution in [3.8, 4) is 0 Å². The van der Waals surface area contributed by atoms with Gasteiger partial charge in [0.2, 0.25) is 0 Å². The second-order valence-corrected chi connectivity index (χ2v) is 8.62. The Labute approximate surface area is 171 Å². The number of fused-ring (bicyclic) bond motifs is 1. The van der Waals surface area contributed by atoms with Crippen LogP contribution in [-0.4, -0.2) is 31.0 Å². The van der Waals surface area contributed by atoms with E-state index in [0.717, 1.165) is 35.4 Å². The van der Waals surface area contributed by atoms with Crippen LogP contribution >= 0.6 is 11.6 Å². The molecule has 1 N–H and O–H groups in total. The molecule has 4 rings (SSSR count). The third-order valence-corrected chi connectivity index (χ3v) is 6.09. The minimum Gasteiger partial charge on any atom is -0.423 e. The molecule has 0 aliphatic carbocycles. The quantitative estimate of drug-likeness (QED) is 0.631. The van der Waals surface area contributed by atoms with Crippen molar-refractivity contribution in [3.63, 3.8) is 0 Å². The molecule has 2 aliphatic rings. The van der Waals surface area contributed by atoms with Crippen LogP contribution in [0.1, 0.15) is 54.6 Å². The van der Waals surface area contributed by atoms with Crippen molar-refractivity contribution < 1.29 is 14.5 Å². The van der Waals surface area contributed by atoms with Gasteiger partial charge in [-0.3, -0.25) is 4.79 Å². The lowest BCUT2D eigenvalue weighted by atomic mass is 9.77. The van der Waals surface area contributed by atoms with Gasteiger partial charge in [-0.15, -0.1) is 0 Å². The van der Waals surface area contributed by atoms with Crippen molar-refractivity contribution in [2.75, 3.05) is 18.0 Å². The number of hydrogen-bond donors (Lipinski definition) is 1. The van der Waals surface area contributed by atoms with Gasteiger partial charge >= 0.3 is 7.12 Å². The SMILES string of the molecule is CC1(C)OB(O)c2cc(CC(=O)c3ccc(N4CCCCC4)cc3Cl)ccc21. The van der Waals surface area contributed by atoms with Gasteiger partial charge in [0, 0.05) is 30.8 Å². The predicted molar refractivity (Wildman–Crippen MR) is 114 cm³/mol. The van der Waals surface area contributed by atoms with E-state index in [4.69, 9.17) is 16.3 Å². The fourth-order valence-electron chi connectivity index (χ4n) is 4.24. The number of hydrogen-bond acceptors (Lipinski definition) is 4. The molecule has 0 bridgehead atoms. The first kappa shape index (κ1) is 19.5. The van der Waals surface area contributed by atoms with Crippen LogP contribution in [-0.2, 0) is 16.7 Å². The molecule has 0 unspecified atom stereocenters. The van der Waals surface area contributed by atoms with Gasteiger partial charge in [0.05, 0.1) is 10.6 Å². The first-order chi connectivity index (χ1) is 13.3. The molecule has 2 aromatic carbocycles. The monoisotopic (exact) mass is 397 g/mol. The molecular weight excluding hydrogens is 373 g/mol. The van der Waals surface area contributed by atoms with Crippen molar-refractivity contribution in [1.82, 2.24) is 0 Å². The van der Waals surface area contributed by atoms with E-state index in [1.165, 1.54) is 19.3 Å². The number of rotatable bonds is 4. The fraction of sp³-hybridized carbons (Fsp3) is 0.409. The van der Waals surface area contributed by atoms with Crippen LogP contribution in [0, 0.1) is 0 Å². The van der Waals surface area contributed by atoms with E-state index >= 15 is 0 Å². The van der Waals surface area contributed by atoms with Gasteiger partial charge in [-0.25, -0.2) is 0 Å². The first-order valence-corrected chi connectivity index (χ1v) is 10.3. The maximum Gasteiger partial charge on any atom is 0.492 e. The van der Waals surface area contributed by atoms with Crippen LogP contribution in [0.4, 0.5) is 5.69 Å². The van der Waals surface area contributed by atoms with E-state index in [2.05, 4.69) is 4.90 Å². The van der Waals surface area contributed by atoms with Crippen LogP contribution in [0.2, 0.25) is 5.02 Å². The molecule has 2 aliphatic heterocycles. The smallest absolute Gasteiger partial charge is 0.423 e. The molecule has 0 atom stereocenters. The highest BCUT2D eigenvalue weighted by molar-refractivity contribution is 6.62. The molecule has 1 saturated heterocycles. The van der Waals surface area contributed by atoms with E-state index in [1.54, 1.807) is 0 Å². The van der Waals surface area contributed by atoms with Gasteiger partial charge in [-0.05, 0) is 67.9 Å². The summed E-state index contributed by atoms with van der Waals surface area (Å²) in [5.41, 5.74) is 3.65. The zero-order chi connectivity index (χ0) is 19.9. The molecular formula is C22H25BClNO3. The highest BCUT2D eigenvalue weighted by atomic mass is 35.5. The summed E-state index contributed by atoms with van der Waals surface area (Å²) in [5, 5.41) is 10.7. The summed E-state index contributed by atoms with van der Waals surface area (Å²) in [6.45, 7) is 5.94. The van der Waals surface area contributed by atoms with Crippen LogP contribution in [0.15, 0.2) is 36.4 Å². The first-order valence-electron chi connectivity index (χ1n) is 9.92. The summed E-state index contributed by atoms with van der Waals surface area (Å²) in [7, 11) is -0.951. The number of anilines is 1. The summed E-state index contributed by atoms with van der Waals surface area (Å²) in [6, 6.07) is 11.5. The van der Waals surface area contributed by atoms with E-state index in [9.17, 15) is 9.82 Å². The maximum atomic E-state index is 12.8. The molecule has 28 heavy (non-hydrogen) atoms. The van der Waals surface area contributed by atoms with Gasteiger partial charge in [0.15, 0.2) is 5.78 Å². The Kier molecular flexibility index (Phi) is 5.25. The highest BCUT2D eigenvalue weighted by Crippen LogP contribution is 2.31. The largest absolute Gasteiger partial charge is 0.492 e. The van der Waals surface area contributed by atoms with Crippen molar-refractivity contribution in [2.45, 2.75) is 45.1 Å². The molecule has 2 heterocycles. The van der Waals surface area contributed by atoms with Crippen LogP contribution in [0.5, 0.6) is 0 Å². The maximum absolute atomic E-state index is 12.8. The van der Waals surface area contributed by atoms with Crippen molar-refractivity contribution in [2.24, 2.45) is 0 Å². The van der Waals surface area contributed by atoms with Gasteiger partial charge < -0.3 is 14.6 Å². The Morgan fingerprint density at radius 1 is 1.18 bits per heavy atom. The molecule has 0 amide bonds. The number of benzene rings is 2. The lowest BCUT2D eigenvalue weighted by Crippen LogP contribution is -2.29. The Morgan fingerprint density at radius 2 is 1.93 bits per heavy atom. The van der Waals surface area contributed by atoms with Crippen LogP contribution < -0.4 is 10.4 Å². The lowest BCUT2D eigenvalue weighted by Gasteiger charge is -2.29. The second-order valence-electron chi connectivity index (χ2n) is 8.21. The van der Waals surface area contributed by atoms with E-state index in [0.29, 0.717) is 10.6 Å². The molecule has 6 heteroatoms. The summed E-state index contributed by atoms with van der Waals surface area (Å²) in [4.78, 5) is 15.2. The van der Waals surface area contributed by atoms with Crippen molar-refractivity contribution in [1.29, 1.82) is 0 Å². The topological polar surface area (TPSA) is 49.8 Å². The zero-order valence-electron chi connectivity index (χ0n) is 16.4. The van der Waals surface area contributed by atoms with Gasteiger partial charge in [-0.2, -0.15) is 0 Å². The average molecular weight is 398 g/mol. The third-order valence-electron chi connectivity index (χ3n) is 5.78. The summed E-state index contributed by atoms with van der Waals surface area (Å²) < 4.78 is 5.60. The number of Topliss-reactive ketones (excluding diaryl/α,β-unsaturated/α-hetero) is 1. The minimum absolute atomic E-state index is 0.0252. The number of ketones is 1.